The lowest BCUT2D eigenvalue weighted by Crippen LogP contribution is -2.45. The van der Waals surface area contributed by atoms with E-state index >= 15 is 0 Å². The van der Waals surface area contributed by atoms with Gasteiger partial charge in [-0.15, -0.1) is 11.6 Å². The molecule has 0 fully saturated rings. The molecule has 0 amide bonds. The summed E-state index contributed by atoms with van der Waals surface area (Å²) in [4.78, 5) is 0. The van der Waals surface area contributed by atoms with Crippen LogP contribution in [0.4, 0.5) is 0 Å². The van der Waals surface area contributed by atoms with Crippen molar-refractivity contribution in [3.8, 4) is 0 Å². The highest BCUT2D eigenvalue weighted by Gasteiger charge is 2.18. The van der Waals surface area contributed by atoms with E-state index in [0.29, 0.717) is 0 Å². The molecule has 19 heavy (non-hydrogen) atoms. The summed E-state index contributed by atoms with van der Waals surface area (Å²) in [6.07, 6.45) is 0. The number of benzene rings is 2. The van der Waals surface area contributed by atoms with Gasteiger partial charge < -0.3 is 0 Å². The van der Waals surface area contributed by atoms with E-state index in [0.717, 1.165) is 5.50 Å². The Bertz CT molecular complexity index is 570. The van der Waals surface area contributed by atoms with Gasteiger partial charge in [-0.05, 0) is 27.7 Å². The van der Waals surface area contributed by atoms with E-state index in [-0.39, 0.29) is 0 Å². The molecule has 2 aromatic carbocycles. The lowest BCUT2D eigenvalue weighted by Gasteiger charge is -2.18. The Morgan fingerprint density at radius 3 is 2.05 bits per heavy atom. The summed E-state index contributed by atoms with van der Waals surface area (Å²) < 4.78 is 0. The first kappa shape index (κ1) is 14.4. The average molecular weight is 289 g/mol. The molecule has 0 saturated carbocycles. The first-order chi connectivity index (χ1) is 9.01. The molecular weight excluding hydrogens is 268 g/mol. The van der Waals surface area contributed by atoms with Crippen LogP contribution >= 0.6 is 11.6 Å². The quantitative estimate of drug-likeness (QED) is 0.602. The third-order valence-corrected chi connectivity index (χ3v) is 7.36. The minimum Gasteiger partial charge on any atom is -0.130 e. The van der Waals surface area contributed by atoms with E-state index in [1.807, 2.05) is 0 Å². The van der Waals surface area contributed by atoms with Crippen molar-refractivity contribution < 1.29 is 0 Å². The van der Waals surface area contributed by atoms with Gasteiger partial charge >= 0.3 is 0 Å². The summed E-state index contributed by atoms with van der Waals surface area (Å²) in [7, 11) is -1.29. The number of rotatable bonds is 3. The number of hydrogen-bond donors (Lipinski definition) is 0. The molecule has 100 valence electrons. The number of alkyl halides is 1. The van der Waals surface area contributed by atoms with Gasteiger partial charge in [0, 0.05) is 5.50 Å². The van der Waals surface area contributed by atoms with Crippen LogP contribution in [0.5, 0.6) is 0 Å². The maximum Gasteiger partial charge on any atom is 0.118 e. The van der Waals surface area contributed by atoms with Gasteiger partial charge in [-0.1, -0.05) is 69.0 Å². The van der Waals surface area contributed by atoms with E-state index in [1.165, 1.54) is 32.6 Å². The first-order valence-corrected chi connectivity index (χ1v) is 9.23. The molecular formula is C17H21ClSi. The second-order valence-corrected chi connectivity index (χ2v) is 9.12. The maximum absolute atomic E-state index is 6.33. The standard InChI is InChI=1S/C17H21ClSi/c1-12-5-6-15(4)17(10-12)19(11-18)16-8-13(2)7-14(3)9-16/h5-10,19H,11H2,1-4H3. The fraction of sp³-hybridized carbons (Fsp3) is 0.294. The van der Waals surface area contributed by atoms with Gasteiger partial charge in [-0.25, -0.2) is 0 Å². The zero-order chi connectivity index (χ0) is 14.0. The summed E-state index contributed by atoms with van der Waals surface area (Å²) >= 11 is 6.33. The summed E-state index contributed by atoms with van der Waals surface area (Å²) in [5.74, 6) is 0. The van der Waals surface area contributed by atoms with Crippen molar-refractivity contribution in [2.75, 3.05) is 5.50 Å². The van der Waals surface area contributed by atoms with Gasteiger partial charge in [0.25, 0.3) is 0 Å². The molecule has 1 unspecified atom stereocenters. The molecule has 0 aromatic heterocycles. The number of aryl methyl sites for hydroxylation is 4. The van der Waals surface area contributed by atoms with Crippen LogP contribution in [0.25, 0.3) is 0 Å². The van der Waals surface area contributed by atoms with Crippen molar-refractivity contribution in [1.82, 2.24) is 0 Å². The SMILES string of the molecule is Cc1cc(C)cc([SiH](CCl)c2cc(C)ccc2C)c1. The van der Waals surface area contributed by atoms with Gasteiger partial charge in [0.1, 0.15) is 8.80 Å². The van der Waals surface area contributed by atoms with E-state index in [1.54, 1.807) is 0 Å². The molecule has 0 heterocycles. The van der Waals surface area contributed by atoms with Gasteiger partial charge in [-0.2, -0.15) is 0 Å². The van der Waals surface area contributed by atoms with Crippen molar-refractivity contribution in [2.45, 2.75) is 27.7 Å². The molecule has 0 aliphatic rings. The molecule has 0 aliphatic heterocycles. The highest BCUT2D eigenvalue weighted by atomic mass is 35.5. The van der Waals surface area contributed by atoms with Gasteiger partial charge in [0.15, 0.2) is 0 Å². The van der Waals surface area contributed by atoms with Crippen LogP contribution in [0.1, 0.15) is 22.3 Å². The predicted octanol–water partition coefficient (Wildman–Crippen LogP) is 3.04. The molecule has 2 heteroatoms. The Balaban J connectivity index is 2.52. The van der Waals surface area contributed by atoms with Crippen molar-refractivity contribution in [3.05, 3.63) is 58.7 Å². The minimum absolute atomic E-state index is 0.757. The maximum atomic E-state index is 6.33. The molecule has 0 aliphatic carbocycles. The topological polar surface area (TPSA) is 0 Å². The second-order valence-electron chi connectivity index (χ2n) is 5.49. The van der Waals surface area contributed by atoms with Gasteiger partial charge in [-0.3, -0.25) is 0 Å². The van der Waals surface area contributed by atoms with Crippen molar-refractivity contribution in [1.29, 1.82) is 0 Å². The van der Waals surface area contributed by atoms with Crippen LogP contribution in [0, 0.1) is 27.7 Å². The third-order valence-electron chi connectivity index (χ3n) is 3.61. The molecule has 0 spiro atoms. The monoisotopic (exact) mass is 288 g/mol. The Labute approximate surface area is 123 Å². The highest BCUT2D eigenvalue weighted by molar-refractivity contribution is 6.89. The minimum atomic E-state index is -1.29. The molecule has 2 aromatic rings. The second kappa shape index (κ2) is 5.94. The molecule has 1 atom stereocenters. The Morgan fingerprint density at radius 2 is 1.47 bits per heavy atom. The zero-order valence-corrected chi connectivity index (χ0v) is 14.0. The lowest BCUT2D eigenvalue weighted by atomic mass is 10.2. The molecule has 0 N–H and O–H groups in total. The largest absolute Gasteiger partial charge is 0.130 e. The van der Waals surface area contributed by atoms with Crippen LogP contribution in [0.3, 0.4) is 0 Å². The van der Waals surface area contributed by atoms with E-state index in [2.05, 4.69) is 64.1 Å². The average Bonchev–Trinajstić information content (AvgIpc) is 2.33. The molecule has 0 nitrogen and oxygen atoms in total. The molecule has 0 saturated heterocycles. The predicted molar refractivity (Wildman–Crippen MR) is 89.0 cm³/mol. The van der Waals surface area contributed by atoms with E-state index < -0.39 is 8.80 Å². The Morgan fingerprint density at radius 1 is 0.842 bits per heavy atom. The van der Waals surface area contributed by atoms with Gasteiger partial charge in [0.05, 0.1) is 0 Å². The van der Waals surface area contributed by atoms with Crippen LogP contribution in [0.2, 0.25) is 0 Å². The van der Waals surface area contributed by atoms with Crippen LogP contribution < -0.4 is 10.4 Å². The molecule has 0 radical (unpaired) electrons. The lowest BCUT2D eigenvalue weighted by molar-refractivity contribution is 1.40. The fourth-order valence-electron chi connectivity index (χ4n) is 2.70. The summed E-state index contributed by atoms with van der Waals surface area (Å²) in [5, 5.41) is 2.95. The van der Waals surface area contributed by atoms with Crippen LogP contribution in [-0.4, -0.2) is 14.3 Å². The first-order valence-electron chi connectivity index (χ1n) is 6.72. The van der Waals surface area contributed by atoms with Crippen molar-refractivity contribution in [3.63, 3.8) is 0 Å². The normalized spacial score (nSPS) is 12.5. The Kier molecular flexibility index (Phi) is 4.49. The van der Waals surface area contributed by atoms with Crippen molar-refractivity contribution >= 4 is 30.8 Å². The van der Waals surface area contributed by atoms with Gasteiger partial charge in [0.2, 0.25) is 0 Å². The van der Waals surface area contributed by atoms with Crippen molar-refractivity contribution in [2.24, 2.45) is 0 Å². The molecule has 0 bridgehead atoms. The number of halogens is 1. The van der Waals surface area contributed by atoms with E-state index in [4.69, 9.17) is 11.6 Å². The summed E-state index contributed by atoms with van der Waals surface area (Å²) in [5.41, 5.74) is 6.13. The Hall–Kier alpha value is -1.05. The fourth-order valence-corrected chi connectivity index (χ4v) is 6.47. The summed E-state index contributed by atoms with van der Waals surface area (Å²) in [6, 6.07) is 13.6. The van der Waals surface area contributed by atoms with E-state index in [9.17, 15) is 0 Å². The third kappa shape index (κ3) is 3.29. The van der Waals surface area contributed by atoms with Crippen LogP contribution in [-0.2, 0) is 0 Å². The summed E-state index contributed by atoms with van der Waals surface area (Å²) in [6.45, 7) is 8.69. The zero-order valence-electron chi connectivity index (χ0n) is 12.1. The number of hydrogen-bond acceptors (Lipinski definition) is 0. The van der Waals surface area contributed by atoms with Crippen LogP contribution in [0.15, 0.2) is 36.4 Å². The highest BCUT2D eigenvalue weighted by Crippen LogP contribution is 2.06. The smallest absolute Gasteiger partial charge is 0.118 e. The molecule has 2 rings (SSSR count).